The molecule has 0 rings (SSSR count). The number of rotatable bonds is 6. The molecule has 0 unspecified atom stereocenters. The fourth-order valence-corrected chi connectivity index (χ4v) is 1.15. The van der Waals surface area contributed by atoms with E-state index in [1.807, 2.05) is 13.8 Å². The van der Waals surface area contributed by atoms with Gasteiger partial charge in [0.25, 0.3) is 0 Å². The third kappa shape index (κ3) is 5.49. The summed E-state index contributed by atoms with van der Waals surface area (Å²) in [6.07, 6.45) is 0.338. The van der Waals surface area contributed by atoms with E-state index in [0.717, 1.165) is 0 Å². The molecule has 15 heavy (non-hydrogen) atoms. The van der Waals surface area contributed by atoms with Gasteiger partial charge >= 0.3 is 0 Å². The SMILES string of the molecule is CC(C)C[C@@H](C=O)NC(=O)[C@@H](N)[C@@H](C)O. The van der Waals surface area contributed by atoms with Crippen LogP contribution in [0, 0.1) is 5.92 Å². The second-order valence-corrected chi connectivity index (χ2v) is 4.15. The molecule has 1 amide bonds. The third-order valence-corrected chi connectivity index (χ3v) is 2.04. The maximum atomic E-state index is 11.4. The number of nitrogens with one attached hydrogen (secondary N) is 1. The number of hydrogen-bond donors (Lipinski definition) is 3. The van der Waals surface area contributed by atoms with Crippen molar-refractivity contribution in [3.05, 3.63) is 0 Å². The van der Waals surface area contributed by atoms with E-state index in [9.17, 15) is 9.59 Å². The van der Waals surface area contributed by atoms with E-state index in [2.05, 4.69) is 5.32 Å². The van der Waals surface area contributed by atoms with Crippen molar-refractivity contribution in [1.82, 2.24) is 5.32 Å². The van der Waals surface area contributed by atoms with Crippen molar-refractivity contribution in [3.63, 3.8) is 0 Å². The number of aliphatic hydroxyl groups is 1. The number of carbonyl (C=O) groups excluding carboxylic acids is 2. The van der Waals surface area contributed by atoms with Crippen LogP contribution in [0.3, 0.4) is 0 Å². The van der Waals surface area contributed by atoms with Crippen LogP contribution < -0.4 is 11.1 Å². The zero-order valence-electron chi connectivity index (χ0n) is 9.43. The predicted octanol–water partition coefficient (Wildman–Crippen LogP) is -0.576. The van der Waals surface area contributed by atoms with E-state index in [0.29, 0.717) is 18.6 Å². The standard InChI is InChI=1S/C10H20N2O3/c1-6(2)4-8(5-13)12-10(15)9(11)7(3)14/h5-9,14H,4,11H2,1-3H3,(H,12,15)/t7-,8+,9+/m1/s1. The Morgan fingerprint density at radius 2 is 2.00 bits per heavy atom. The molecule has 0 radical (unpaired) electrons. The van der Waals surface area contributed by atoms with Gasteiger partial charge in [-0.1, -0.05) is 13.8 Å². The lowest BCUT2D eigenvalue weighted by molar-refractivity contribution is -0.127. The van der Waals surface area contributed by atoms with Gasteiger partial charge in [-0.2, -0.15) is 0 Å². The molecule has 0 saturated heterocycles. The maximum Gasteiger partial charge on any atom is 0.240 e. The van der Waals surface area contributed by atoms with E-state index < -0.39 is 24.1 Å². The van der Waals surface area contributed by atoms with Crippen molar-refractivity contribution >= 4 is 12.2 Å². The Balaban J connectivity index is 4.18. The number of carbonyl (C=O) groups is 2. The molecule has 0 heterocycles. The molecule has 0 aliphatic rings. The summed E-state index contributed by atoms with van der Waals surface area (Å²) in [4.78, 5) is 22.0. The lowest BCUT2D eigenvalue weighted by Crippen LogP contribution is -2.50. The maximum absolute atomic E-state index is 11.4. The van der Waals surface area contributed by atoms with Gasteiger partial charge in [-0.15, -0.1) is 0 Å². The first kappa shape index (κ1) is 14.1. The molecule has 0 fully saturated rings. The van der Waals surface area contributed by atoms with E-state index in [-0.39, 0.29) is 0 Å². The Morgan fingerprint density at radius 3 is 2.33 bits per heavy atom. The van der Waals surface area contributed by atoms with Crippen molar-refractivity contribution in [1.29, 1.82) is 0 Å². The number of aliphatic hydroxyl groups excluding tert-OH is 1. The predicted molar refractivity (Wildman–Crippen MR) is 57.1 cm³/mol. The van der Waals surface area contributed by atoms with Crippen molar-refractivity contribution < 1.29 is 14.7 Å². The lowest BCUT2D eigenvalue weighted by atomic mass is 10.0. The third-order valence-electron chi connectivity index (χ3n) is 2.04. The average Bonchev–Trinajstić information content (AvgIpc) is 2.14. The fraction of sp³-hybridized carbons (Fsp3) is 0.800. The molecule has 5 nitrogen and oxygen atoms in total. The van der Waals surface area contributed by atoms with Gasteiger partial charge < -0.3 is 21.0 Å². The van der Waals surface area contributed by atoms with E-state index in [1.165, 1.54) is 6.92 Å². The van der Waals surface area contributed by atoms with Gasteiger partial charge in [0.15, 0.2) is 0 Å². The molecule has 0 aliphatic heterocycles. The summed E-state index contributed by atoms with van der Waals surface area (Å²) in [5, 5.41) is 11.6. The molecular formula is C10H20N2O3. The minimum absolute atomic E-state index is 0.309. The summed E-state index contributed by atoms with van der Waals surface area (Å²) in [6, 6.07) is -1.51. The largest absolute Gasteiger partial charge is 0.391 e. The highest BCUT2D eigenvalue weighted by atomic mass is 16.3. The normalized spacial score (nSPS) is 16.9. The number of amides is 1. The van der Waals surface area contributed by atoms with Crippen LogP contribution in [-0.2, 0) is 9.59 Å². The number of hydrogen-bond acceptors (Lipinski definition) is 4. The summed E-state index contributed by atoms with van der Waals surface area (Å²) < 4.78 is 0. The molecule has 88 valence electrons. The quantitative estimate of drug-likeness (QED) is 0.518. The minimum atomic E-state index is -0.986. The zero-order valence-corrected chi connectivity index (χ0v) is 9.43. The number of aldehydes is 1. The molecule has 5 heteroatoms. The van der Waals surface area contributed by atoms with Gasteiger partial charge in [-0.05, 0) is 19.3 Å². The Hall–Kier alpha value is -0.940. The smallest absolute Gasteiger partial charge is 0.240 e. The van der Waals surface area contributed by atoms with Crippen LogP contribution in [0.4, 0.5) is 0 Å². The Labute approximate surface area is 90.0 Å². The second-order valence-electron chi connectivity index (χ2n) is 4.15. The highest BCUT2D eigenvalue weighted by Crippen LogP contribution is 2.03. The topological polar surface area (TPSA) is 92.4 Å². The Bertz CT molecular complexity index is 217. The highest BCUT2D eigenvalue weighted by molar-refractivity contribution is 5.84. The van der Waals surface area contributed by atoms with Crippen LogP contribution in [0.15, 0.2) is 0 Å². The highest BCUT2D eigenvalue weighted by Gasteiger charge is 2.21. The summed E-state index contributed by atoms with van der Waals surface area (Å²) in [6.45, 7) is 5.34. The first-order valence-electron chi connectivity index (χ1n) is 5.07. The van der Waals surface area contributed by atoms with Crippen LogP contribution in [0.2, 0.25) is 0 Å². The molecule has 0 aliphatic carbocycles. The van der Waals surface area contributed by atoms with E-state index in [4.69, 9.17) is 10.8 Å². The molecule has 0 spiro atoms. The molecule has 4 N–H and O–H groups in total. The van der Waals surface area contributed by atoms with Gasteiger partial charge in [0, 0.05) is 0 Å². The van der Waals surface area contributed by atoms with Crippen LogP contribution >= 0.6 is 0 Å². The summed E-state index contributed by atoms with van der Waals surface area (Å²) in [5.74, 6) is -0.189. The van der Waals surface area contributed by atoms with Crippen molar-refractivity contribution in [2.75, 3.05) is 0 Å². The van der Waals surface area contributed by atoms with Crippen molar-refractivity contribution in [2.45, 2.75) is 45.4 Å². The molecule has 0 aromatic carbocycles. The van der Waals surface area contributed by atoms with Gasteiger partial charge in [0.2, 0.25) is 5.91 Å². The fourth-order valence-electron chi connectivity index (χ4n) is 1.15. The zero-order chi connectivity index (χ0) is 12.0. The molecule has 3 atom stereocenters. The monoisotopic (exact) mass is 216 g/mol. The second kappa shape index (κ2) is 6.53. The van der Waals surface area contributed by atoms with Gasteiger partial charge in [0.1, 0.15) is 12.3 Å². The summed E-state index contributed by atoms with van der Waals surface area (Å²) in [5.41, 5.74) is 5.42. The number of nitrogens with two attached hydrogens (primary N) is 1. The van der Waals surface area contributed by atoms with Crippen LogP contribution in [0.25, 0.3) is 0 Å². The Kier molecular flexibility index (Phi) is 6.12. The Morgan fingerprint density at radius 1 is 1.47 bits per heavy atom. The van der Waals surface area contributed by atoms with Gasteiger partial charge in [-0.25, -0.2) is 0 Å². The van der Waals surface area contributed by atoms with Gasteiger partial charge in [0.05, 0.1) is 12.1 Å². The van der Waals surface area contributed by atoms with Crippen molar-refractivity contribution in [2.24, 2.45) is 11.7 Å². The first-order valence-corrected chi connectivity index (χ1v) is 5.07. The molecular weight excluding hydrogens is 196 g/mol. The van der Waals surface area contributed by atoms with Crippen LogP contribution in [0.5, 0.6) is 0 Å². The molecule has 0 aromatic rings. The summed E-state index contributed by atoms with van der Waals surface area (Å²) in [7, 11) is 0. The van der Waals surface area contributed by atoms with Crippen LogP contribution in [0.1, 0.15) is 27.2 Å². The van der Waals surface area contributed by atoms with E-state index >= 15 is 0 Å². The van der Waals surface area contributed by atoms with Gasteiger partial charge in [-0.3, -0.25) is 4.79 Å². The molecule has 0 saturated carbocycles. The van der Waals surface area contributed by atoms with Crippen LogP contribution in [-0.4, -0.2) is 35.5 Å². The average molecular weight is 216 g/mol. The lowest BCUT2D eigenvalue weighted by Gasteiger charge is -2.19. The summed E-state index contributed by atoms with van der Waals surface area (Å²) >= 11 is 0. The first-order chi connectivity index (χ1) is 6.88. The minimum Gasteiger partial charge on any atom is -0.391 e. The molecule has 0 bridgehead atoms. The molecule has 0 aromatic heterocycles. The van der Waals surface area contributed by atoms with E-state index in [1.54, 1.807) is 0 Å². The van der Waals surface area contributed by atoms with Crippen molar-refractivity contribution in [3.8, 4) is 0 Å².